The second-order valence-electron chi connectivity index (χ2n) is 6.45. The van der Waals surface area contributed by atoms with Gasteiger partial charge in [0.15, 0.2) is 0 Å². The Morgan fingerprint density at radius 3 is 1.77 bits per heavy atom. The summed E-state index contributed by atoms with van der Waals surface area (Å²) in [6.07, 6.45) is -1.93. The second-order valence-corrected chi connectivity index (χ2v) is 6.45. The summed E-state index contributed by atoms with van der Waals surface area (Å²) in [6.45, 7) is 4.09. The van der Waals surface area contributed by atoms with E-state index in [2.05, 4.69) is 11.3 Å². The number of benzene rings is 1. The van der Waals surface area contributed by atoms with Crippen molar-refractivity contribution in [3.8, 4) is 0 Å². The average Bonchev–Trinajstić information content (AvgIpc) is 2.78. The van der Waals surface area contributed by atoms with Crippen LogP contribution in [0.3, 0.4) is 0 Å². The molecule has 0 heterocycles. The van der Waals surface area contributed by atoms with Crippen LogP contribution in [0.15, 0.2) is 36.4 Å². The number of ether oxygens (including phenoxy) is 4. The van der Waals surface area contributed by atoms with Crippen LogP contribution in [0.1, 0.15) is 40.5 Å². The van der Waals surface area contributed by atoms with Crippen molar-refractivity contribution in [3.05, 3.63) is 47.5 Å². The number of carbonyl (C=O) groups is 4. The number of hydrogen-bond donors (Lipinski definition) is 2. The maximum absolute atomic E-state index is 12.0. The van der Waals surface area contributed by atoms with E-state index < -0.39 is 49.3 Å². The largest absolute Gasteiger partial charge is 0.469 e. The molecule has 0 bridgehead atoms. The molecule has 2 N–H and O–H groups in total. The van der Waals surface area contributed by atoms with E-state index in [4.69, 9.17) is 14.2 Å². The number of carbonyl (C=O) groups excluding carboxylic acids is 4. The summed E-state index contributed by atoms with van der Waals surface area (Å²) >= 11 is 0. The van der Waals surface area contributed by atoms with Crippen molar-refractivity contribution in [1.29, 1.82) is 0 Å². The second kappa shape index (κ2) is 13.1. The molecule has 1 rings (SSSR count). The molecule has 0 aliphatic heterocycles. The fourth-order valence-electron chi connectivity index (χ4n) is 2.01. The van der Waals surface area contributed by atoms with Gasteiger partial charge in [0.05, 0.1) is 30.8 Å². The smallest absolute Gasteiger partial charge is 0.338 e. The van der Waals surface area contributed by atoms with Gasteiger partial charge in [-0.3, -0.25) is 4.79 Å². The maximum Gasteiger partial charge on any atom is 0.338 e. The van der Waals surface area contributed by atoms with Crippen LogP contribution < -0.4 is 0 Å². The molecule has 2 unspecified atom stereocenters. The first kappa shape index (κ1) is 25.8. The molecule has 0 spiro atoms. The van der Waals surface area contributed by atoms with Crippen molar-refractivity contribution >= 4 is 23.9 Å². The number of methoxy groups -OCH3 is 1. The topological polar surface area (TPSA) is 146 Å². The first-order valence-electron chi connectivity index (χ1n) is 9.40. The van der Waals surface area contributed by atoms with Crippen LogP contribution in [0.2, 0.25) is 0 Å². The summed E-state index contributed by atoms with van der Waals surface area (Å²) in [4.78, 5) is 46.6. The predicted molar refractivity (Wildman–Crippen MR) is 106 cm³/mol. The molecular weight excluding hydrogens is 412 g/mol. The molecule has 170 valence electrons. The lowest BCUT2D eigenvalue weighted by Crippen LogP contribution is -2.26. The van der Waals surface area contributed by atoms with E-state index in [1.165, 1.54) is 24.3 Å². The van der Waals surface area contributed by atoms with Crippen molar-refractivity contribution in [2.45, 2.75) is 32.0 Å². The van der Waals surface area contributed by atoms with Crippen LogP contribution in [-0.4, -0.2) is 73.2 Å². The molecule has 2 atom stereocenters. The van der Waals surface area contributed by atoms with Crippen LogP contribution >= 0.6 is 0 Å². The van der Waals surface area contributed by atoms with Crippen LogP contribution in [0, 0.1) is 0 Å². The highest BCUT2D eigenvalue weighted by molar-refractivity contribution is 5.94. The lowest BCUT2D eigenvalue weighted by atomic mass is 10.1. The summed E-state index contributed by atoms with van der Waals surface area (Å²) in [5.74, 6) is -2.95. The third-order valence-corrected chi connectivity index (χ3v) is 3.92. The first-order chi connectivity index (χ1) is 14.7. The van der Waals surface area contributed by atoms with Gasteiger partial charge in [0.25, 0.3) is 0 Å². The Hall–Kier alpha value is -3.24. The summed E-state index contributed by atoms with van der Waals surface area (Å²) in [7, 11) is 1.16. The highest BCUT2D eigenvalue weighted by Crippen LogP contribution is 2.09. The molecule has 0 amide bonds. The minimum absolute atomic E-state index is 0.126. The zero-order chi connectivity index (χ0) is 23.4. The Balaban J connectivity index is 2.43. The average molecular weight is 438 g/mol. The Labute approximate surface area is 179 Å². The van der Waals surface area contributed by atoms with Crippen molar-refractivity contribution < 1.29 is 48.3 Å². The van der Waals surface area contributed by atoms with E-state index in [0.717, 1.165) is 7.11 Å². The Bertz CT molecular complexity index is 784. The van der Waals surface area contributed by atoms with Gasteiger partial charge >= 0.3 is 23.9 Å². The van der Waals surface area contributed by atoms with Crippen LogP contribution in [0.5, 0.6) is 0 Å². The fourth-order valence-corrected chi connectivity index (χ4v) is 2.01. The summed E-state index contributed by atoms with van der Waals surface area (Å²) in [5.41, 5.74) is 0.179. The molecule has 0 aliphatic carbocycles. The monoisotopic (exact) mass is 438 g/mol. The van der Waals surface area contributed by atoms with Crippen molar-refractivity contribution in [3.63, 3.8) is 0 Å². The molecule has 0 radical (unpaired) electrons. The number of aliphatic hydroxyl groups is 2. The molecule has 0 aliphatic rings. The molecule has 0 aromatic heterocycles. The van der Waals surface area contributed by atoms with Gasteiger partial charge in [0, 0.05) is 5.57 Å². The summed E-state index contributed by atoms with van der Waals surface area (Å²) in [6, 6.07) is 5.42. The van der Waals surface area contributed by atoms with Crippen molar-refractivity contribution in [1.82, 2.24) is 0 Å². The Kier molecular flexibility index (Phi) is 10.9. The highest BCUT2D eigenvalue weighted by atomic mass is 16.6. The van der Waals surface area contributed by atoms with E-state index in [9.17, 15) is 29.4 Å². The first-order valence-corrected chi connectivity index (χ1v) is 9.40. The van der Waals surface area contributed by atoms with Gasteiger partial charge in [0.2, 0.25) is 0 Å². The molecule has 10 nitrogen and oxygen atoms in total. The highest BCUT2D eigenvalue weighted by Gasteiger charge is 2.17. The number of esters is 4. The quantitative estimate of drug-likeness (QED) is 0.273. The summed E-state index contributed by atoms with van der Waals surface area (Å²) < 4.78 is 19.1. The molecule has 10 heteroatoms. The van der Waals surface area contributed by atoms with E-state index in [0.29, 0.717) is 6.42 Å². The van der Waals surface area contributed by atoms with Crippen LogP contribution in [-0.2, 0) is 28.5 Å². The van der Waals surface area contributed by atoms with E-state index in [-0.39, 0.29) is 29.7 Å². The molecular formula is C21H26O10. The third kappa shape index (κ3) is 9.41. The van der Waals surface area contributed by atoms with Gasteiger partial charge in [0.1, 0.15) is 25.9 Å². The van der Waals surface area contributed by atoms with Gasteiger partial charge in [-0.15, -0.1) is 0 Å². The van der Waals surface area contributed by atoms with E-state index >= 15 is 0 Å². The van der Waals surface area contributed by atoms with Gasteiger partial charge in [-0.1, -0.05) is 13.5 Å². The molecule has 1 aromatic rings. The standard InChI is InChI=1S/C21H26O10/c1-4-16(22)10-30-20(26)14-5-7-15(8-6-14)21(27)31-12-17(23)11-29-19(25)13(2)9-18(24)28-3/h5-8,16-17,22-23H,2,4,9-12H2,1,3H3. The predicted octanol–water partition coefficient (Wildman–Crippen LogP) is 0.794. The minimum atomic E-state index is -1.29. The lowest BCUT2D eigenvalue weighted by Gasteiger charge is -2.13. The zero-order valence-electron chi connectivity index (χ0n) is 17.4. The number of rotatable bonds is 12. The molecule has 0 fully saturated rings. The van der Waals surface area contributed by atoms with E-state index in [1.807, 2.05) is 0 Å². The fraction of sp³-hybridized carbons (Fsp3) is 0.429. The van der Waals surface area contributed by atoms with Crippen LogP contribution in [0.25, 0.3) is 0 Å². The van der Waals surface area contributed by atoms with Crippen molar-refractivity contribution in [2.75, 3.05) is 26.9 Å². The van der Waals surface area contributed by atoms with Gasteiger partial charge < -0.3 is 29.2 Å². The van der Waals surface area contributed by atoms with Crippen LogP contribution in [0.4, 0.5) is 0 Å². The third-order valence-electron chi connectivity index (χ3n) is 3.92. The van der Waals surface area contributed by atoms with Crippen molar-refractivity contribution in [2.24, 2.45) is 0 Å². The van der Waals surface area contributed by atoms with Gasteiger partial charge in [-0.25, -0.2) is 14.4 Å². The molecule has 0 saturated carbocycles. The Morgan fingerprint density at radius 1 is 0.871 bits per heavy atom. The summed E-state index contributed by atoms with van der Waals surface area (Å²) in [5, 5.41) is 19.2. The molecule has 0 saturated heterocycles. The van der Waals surface area contributed by atoms with Gasteiger partial charge in [-0.2, -0.15) is 0 Å². The Morgan fingerprint density at radius 2 is 1.32 bits per heavy atom. The zero-order valence-corrected chi connectivity index (χ0v) is 17.4. The molecule has 31 heavy (non-hydrogen) atoms. The normalized spacial score (nSPS) is 12.3. The lowest BCUT2D eigenvalue weighted by molar-refractivity contribution is -0.146. The van der Waals surface area contributed by atoms with E-state index in [1.54, 1.807) is 6.92 Å². The number of aliphatic hydroxyl groups excluding tert-OH is 2. The minimum Gasteiger partial charge on any atom is -0.469 e. The molecule has 1 aromatic carbocycles. The SMILES string of the molecule is C=C(CC(=O)OC)C(=O)OCC(O)COC(=O)c1ccc(C(=O)OCC(O)CC)cc1. The maximum atomic E-state index is 12.0. The number of hydrogen-bond acceptors (Lipinski definition) is 10. The van der Waals surface area contributed by atoms with Gasteiger partial charge in [-0.05, 0) is 30.7 Å².